The Morgan fingerprint density at radius 3 is 2.48 bits per heavy atom. The largest absolute Gasteiger partial charge is 0.482 e. The Hall–Kier alpha value is -3.60. The first-order valence-corrected chi connectivity index (χ1v) is 10.9. The van der Waals surface area contributed by atoms with Gasteiger partial charge >= 0.3 is 5.97 Å². The number of fused-ring (bicyclic) bond motifs is 1. The van der Waals surface area contributed by atoms with E-state index in [0.29, 0.717) is 5.56 Å². The minimum Gasteiger partial charge on any atom is -0.482 e. The van der Waals surface area contributed by atoms with Crippen molar-refractivity contribution < 1.29 is 32.6 Å². The van der Waals surface area contributed by atoms with E-state index in [-0.39, 0.29) is 40.6 Å². The summed E-state index contributed by atoms with van der Waals surface area (Å²) >= 11 is 0. The van der Waals surface area contributed by atoms with E-state index in [9.17, 15) is 22.8 Å². The highest BCUT2D eigenvalue weighted by molar-refractivity contribution is 7.92. The van der Waals surface area contributed by atoms with Gasteiger partial charge in [0.1, 0.15) is 12.3 Å². The van der Waals surface area contributed by atoms with E-state index in [0.717, 1.165) is 17.7 Å². The van der Waals surface area contributed by atoms with E-state index >= 15 is 0 Å². The topological polar surface area (TPSA) is 142 Å². The maximum absolute atomic E-state index is 12.8. The molecule has 2 amide bonds. The maximum Gasteiger partial charge on any atom is 0.323 e. The van der Waals surface area contributed by atoms with Gasteiger partial charge in [0.15, 0.2) is 6.61 Å². The Labute approximate surface area is 177 Å². The van der Waals surface area contributed by atoms with Gasteiger partial charge in [-0.15, -0.1) is 0 Å². The summed E-state index contributed by atoms with van der Waals surface area (Å²) in [5.74, 6) is -1.82. The second-order valence-electron chi connectivity index (χ2n) is 7.22. The van der Waals surface area contributed by atoms with E-state index in [4.69, 9.17) is 9.84 Å². The molecule has 1 saturated carbocycles. The average Bonchev–Trinajstić information content (AvgIpc) is 3.54. The molecule has 3 N–H and O–H groups in total. The Kier molecular flexibility index (Phi) is 5.27. The second-order valence-corrected chi connectivity index (χ2v) is 8.90. The fourth-order valence-corrected chi connectivity index (χ4v) is 4.14. The van der Waals surface area contributed by atoms with Gasteiger partial charge in [-0.1, -0.05) is 0 Å². The molecule has 0 unspecified atom stereocenters. The summed E-state index contributed by atoms with van der Waals surface area (Å²) in [5.41, 5.74) is 0.729. The highest BCUT2D eigenvalue weighted by Crippen LogP contribution is 2.34. The highest BCUT2D eigenvalue weighted by Gasteiger charge is 2.29. The number of aliphatic carboxylic acids is 1. The van der Waals surface area contributed by atoms with Crippen LogP contribution in [0.25, 0.3) is 0 Å². The number of amides is 2. The highest BCUT2D eigenvalue weighted by atomic mass is 32.2. The van der Waals surface area contributed by atoms with Crippen LogP contribution in [0.1, 0.15) is 23.2 Å². The minimum absolute atomic E-state index is 0.0635. The van der Waals surface area contributed by atoms with Crippen LogP contribution in [0.5, 0.6) is 5.75 Å². The third kappa shape index (κ3) is 4.61. The zero-order chi connectivity index (χ0) is 22.2. The Bertz CT molecular complexity index is 1160. The molecule has 4 rings (SSSR count). The van der Waals surface area contributed by atoms with E-state index in [1.54, 1.807) is 0 Å². The third-order valence-electron chi connectivity index (χ3n) is 4.79. The van der Waals surface area contributed by atoms with Crippen LogP contribution < -0.4 is 19.7 Å². The Morgan fingerprint density at radius 2 is 1.84 bits per heavy atom. The van der Waals surface area contributed by atoms with Crippen molar-refractivity contribution in [3.63, 3.8) is 0 Å². The van der Waals surface area contributed by atoms with Crippen LogP contribution >= 0.6 is 0 Å². The minimum atomic E-state index is -4.05. The lowest BCUT2D eigenvalue weighted by molar-refractivity contribution is -0.137. The van der Waals surface area contributed by atoms with Gasteiger partial charge in [0.2, 0.25) is 0 Å². The number of anilines is 2. The average molecular weight is 445 g/mol. The fourth-order valence-electron chi connectivity index (χ4n) is 3.06. The van der Waals surface area contributed by atoms with Crippen molar-refractivity contribution in [2.45, 2.75) is 23.8 Å². The number of carbonyl (C=O) groups excluding carboxylic acids is 2. The first-order valence-electron chi connectivity index (χ1n) is 9.46. The SMILES string of the molecule is O=C(O)CN1C(=O)COc2ccc(S(=O)(=O)Nc3ccc(C(=O)NC4CC4)cc3)cc21. The van der Waals surface area contributed by atoms with Crippen LogP contribution in [0.3, 0.4) is 0 Å². The molecule has 0 bridgehead atoms. The molecule has 1 aliphatic carbocycles. The van der Waals surface area contributed by atoms with Crippen molar-refractivity contribution >= 4 is 39.2 Å². The van der Waals surface area contributed by atoms with Crippen LogP contribution in [0, 0.1) is 0 Å². The van der Waals surface area contributed by atoms with Gasteiger partial charge in [-0.2, -0.15) is 0 Å². The number of hydrogen-bond acceptors (Lipinski definition) is 6. The summed E-state index contributed by atoms with van der Waals surface area (Å²) in [6.45, 7) is -0.943. The van der Waals surface area contributed by atoms with Crippen LogP contribution in [0.2, 0.25) is 0 Å². The first-order chi connectivity index (χ1) is 14.7. The maximum atomic E-state index is 12.8. The van der Waals surface area contributed by atoms with Crippen molar-refractivity contribution in [1.82, 2.24) is 5.32 Å². The smallest absolute Gasteiger partial charge is 0.323 e. The normalized spacial score (nSPS) is 15.6. The number of rotatable bonds is 7. The van der Waals surface area contributed by atoms with Gasteiger partial charge in [-0.05, 0) is 55.3 Å². The fraction of sp³-hybridized carbons (Fsp3) is 0.250. The molecule has 2 aliphatic rings. The van der Waals surface area contributed by atoms with Gasteiger partial charge in [-0.3, -0.25) is 24.0 Å². The molecule has 0 saturated heterocycles. The molecular weight excluding hydrogens is 426 g/mol. The number of nitrogens with one attached hydrogen (secondary N) is 2. The predicted molar refractivity (Wildman–Crippen MR) is 110 cm³/mol. The van der Waals surface area contributed by atoms with Crippen LogP contribution in [-0.2, 0) is 19.6 Å². The molecule has 2 aromatic rings. The zero-order valence-electron chi connectivity index (χ0n) is 16.2. The molecule has 1 heterocycles. The Balaban J connectivity index is 1.55. The zero-order valence-corrected chi connectivity index (χ0v) is 17.0. The van der Waals surface area contributed by atoms with E-state index in [2.05, 4.69) is 10.0 Å². The summed E-state index contributed by atoms with van der Waals surface area (Å²) in [4.78, 5) is 36.0. The molecule has 0 atom stereocenters. The van der Waals surface area contributed by atoms with Gasteiger partial charge < -0.3 is 15.2 Å². The van der Waals surface area contributed by atoms with E-state index in [1.807, 2.05) is 0 Å². The van der Waals surface area contributed by atoms with Crippen molar-refractivity contribution in [2.24, 2.45) is 0 Å². The number of benzene rings is 2. The number of carbonyl (C=O) groups is 3. The molecule has 162 valence electrons. The molecule has 1 aliphatic heterocycles. The molecule has 0 spiro atoms. The second kappa shape index (κ2) is 7.91. The van der Waals surface area contributed by atoms with Gasteiger partial charge in [0.05, 0.1) is 10.6 Å². The van der Waals surface area contributed by atoms with Crippen molar-refractivity contribution in [3.05, 3.63) is 48.0 Å². The molecule has 0 radical (unpaired) electrons. The number of carboxylic acids is 1. The summed E-state index contributed by atoms with van der Waals surface area (Å²) in [5, 5.41) is 11.9. The molecule has 1 fully saturated rings. The lowest BCUT2D eigenvalue weighted by Gasteiger charge is -2.28. The molecular formula is C20H19N3O7S. The standard InChI is InChI=1S/C20H19N3O7S/c24-18-11-30-17-8-7-15(9-16(17)23(18)10-19(25)26)31(28,29)22-14-3-1-12(2-4-14)20(27)21-13-5-6-13/h1-4,7-9,13,22H,5-6,10-11H2,(H,21,27)(H,25,26). The molecule has 2 aromatic carbocycles. The lowest BCUT2D eigenvalue weighted by atomic mass is 10.2. The summed E-state index contributed by atoms with van der Waals surface area (Å²) in [6.07, 6.45) is 1.93. The number of ether oxygens (including phenoxy) is 1. The van der Waals surface area contributed by atoms with Crippen LogP contribution in [0.15, 0.2) is 47.4 Å². The number of carboxylic acid groups (broad SMARTS) is 1. The number of hydrogen-bond donors (Lipinski definition) is 3. The van der Waals surface area contributed by atoms with E-state index in [1.165, 1.54) is 42.5 Å². The van der Waals surface area contributed by atoms with E-state index < -0.39 is 28.4 Å². The molecule has 11 heteroatoms. The molecule has 10 nitrogen and oxygen atoms in total. The van der Waals surface area contributed by atoms with Crippen molar-refractivity contribution in [3.8, 4) is 5.75 Å². The van der Waals surface area contributed by atoms with Gasteiger partial charge in [-0.25, -0.2) is 8.42 Å². The molecule has 31 heavy (non-hydrogen) atoms. The third-order valence-corrected chi connectivity index (χ3v) is 6.17. The molecule has 0 aromatic heterocycles. The Morgan fingerprint density at radius 1 is 1.13 bits per heavy atom. The van der Waals surface area contributed by atoms with Gasteiger partial charge in [0, 0.05) is 17.3 Å². The summed E-state index contributed by atoms with van der Waals surface area (Å²) < 4.78 is 33.3. The van der Waals surface area contributed by atoms with Crippen LogP contribution in [-0.4, -0.2) is 50.5 Å². The van der Waals surface area contributed by atoms with Gasteiger partial charge in [0.25, 0.3) is 21.8 Å². The lowest BCUT2D eigenvalue weighted by Crippen LogP contribution is -2.42. The summed E-state index contributed by atoms with van der Waals surface area (Å²) in [7, 11) is -4.05. The number of nitrogens with zero attached hydrogens (tertiary/aromatic N) is 1. The number of sulfonamides is 1. The van der Waals surface area contributed by atoms with Crippen LogP contribution in [0.4, 0.5) is 11.4 Å². The van der Waals surface area contributed by atoms with Crippen molar-refractivity contribution in [2.75, 3.05) is 22.8 Å². The predicted octanol–water partition coefficient (Wildman–Crippen LogP) is 1.19. The quantitative estimate of drug-likeness (QED) is 0.581. The summed E-state index contributed by atoms with van der Waals surface area (Å²) in [6, 6.07) is 10.1. The van der Waals surface area contributed by atoms with Crippen molar-refractivity contribution in [1.29, 1.82) is 0 Å². The first kappa shape index (κ1) is 20.7. The monoisotopic (exact) mass is 445 g/mol.